The molecule has 27 heavy (non-hydrogen) atoms. The van der Waals surface area contributed by atoms with Gasteiger partial charge in [-0.1, -0.05) is 23.7 Å². The van der Waals surface area contributed by atoms with Crippen LogP contribution in [-0.4, -0.2) is 28.1 Å². The van der Waals surface area contributed by atoms with E-state index in [0.29, 0.717) is 27.8 Å². The standard InChI is InChI=1S/C17H14ClN3O5S/c18-10-3-1-2-9(4-10)6-21-12-8-27-7-11(12)15(20-26)14(17(21)25)16(24)19-5-13(22)23/h1-4H,5-8H2,(H,19,24)(H,22,23). The number of pyridine rings is 1. The first kappa shape index (κ1) is 19.1. The van der Waals surface area contributed by atoms with E-state index in [9.17, 15) is 19.3 Å². The van der Waals surface area contributed by atoms with E-state index in [1.54, 1.807) is 24.3 Å². The zero-order valence-electron chi connectivity index (χ0n) is 13.9. The van der Waals surface area contributed by atoms with Crippen LogP contribution >= 0.6 is 23.4 Å². The molecule has 2 aromatic rings. The number of carbonyl (C=O) groups excluding carboxylic acids is 1. The van der Waals surface area contributed by atoms with Crippen molar-refractivity contribution in [1.29, 1.82) is 0 Å². The topological polar surface area (TPSA) is 118 Å². The molecular formula is C17H14ClN3O5S. The summed E-state index contributed by atoms with van der Waals surface area (Å²) >= 11 is 7.50. The molecule has 2 heterocycles. The van der Waals surface area contributed by atoms with Crippen LogP contribution in [0, 0.1) is 4.91 Å². The molecule has 1 aromatic carbocycles. The molecule has 0 spiro atoms. The Hall–Kier alpha value is -2.65. The first-order chi connectivity index (χ1) is 12.9. The number of nitroso groups, excluding NO2 is 1. The minimum absolute atomic E-state index is 0.167. The number of carboxylic acid groups (broad SMARTS) is 1. The molecule has 0 unspecified atom stereocenters. The average Bonchev–Trinajstić information content (AvgIpc) is 3.11. The normalized spacial score (nSPS) is 12.5. The maximum atomic E-state index is 13.0. The predicted octanol–water partition coefficient (Wildman–Crippen LogP) is 2.51. The second kappa shape index (κ2) is 7.93. The molecule has 0 saturated carbocycles. The summed E-state index contributed by atoms with van der Waals surface area (Å²) in [4.78, 5) is 47.5. The molecule has 3 rings (SSSR count). The van der Waals surface area contributed by atoms with E-state index < -0.39 is 29.5 Å². The largest absolute Gasteiger partial charge is 0.480 e. The molecule has 0 aliphatic carbocycles. The fraction of sp³-hybridized carbons (Fsp3) is 0.235. The molecule has 140 valence electrons. The lowest BCUT2D eigenvalue weighted by molar-refractivity contribution is -0.135. The van der Waals surface area contributed by atoms with E-state index in [4.69, 9.17) is 16.7 Å². The number of carbonyl (C=O) groups is 2. The Morgan fingerprint density at radius 1 is 1.33 bits per heavy atom. The third kappa shape index (κ3) is 3.88. The van der Waals surface area contributed by atoms with E-state index >= 15 is 0 Å². The number of thioether (sulfide) groups is 1. The van der Waals surface area contributed by atoms with Gasteiger partial charge in [-0.2, -0.15) is 11.8 Å². The minimum Gasteiger partial charge on any atom is -0.480 e. The summed E-state index contributed by atoms with van der Waals surface area (Å²) < 4.78 is 1.42. The van der Waals surface area contributed by atoms with E-state index in [1.807, 2.05) is 0 Å². The maximum Gasteiger partial charge on any atom is 0.322 e. The van der Waals surface area contributed by atoms with Crippen LogP contribution < -0.4 is 10.9 Å². The van der Waals surface area contributed by atoms with Gasteiger partial charge < -0.3 is 15.0 Å². The average molecular weight is 408 g/mol. The second-order valence-electron chi connectivity index (χ2n) is 5.83. The van der Waals surface area contributed by atoms with Crippen LogP contribution in [0.5, 0.6) is 0 Å². The number of nitrogens with one attached hydrogen (secondary N) is 1. The van der Waals surface area contributed by atoms with Crippen molar-refractivity contribution < 1.29 is 14.7 Å². The highest BCUT2D eigenvalue weighted by Crippen LogP contribution is 2.37. The fourth-order valence-corrected chi connectivity index (χ4v) is 4.26. The van der Waals surface area contributed by atoms with Crippen LogP contribution in [0.4, 0.5) is 5.69 Å². The molecule has 0 fully saturated rings. The first-order valence-corrected chi connectivity index (χ1v) is 9.39. The number of benzene rings is 1. The van der Waals surface area contributed by atoms with Crippen LogP contribution in [0.3, 0.4) is 0 Å². The number of fused-ring (bicyclic) bond motifs is 1. The Morgan fingerprint density at radius 3 is 2.78 bits per heavy atom. The van der Waals surface area contributed by atoms with Gasteiger partial charge in [-0.05, 0) is 22.9 Å². The van der Waals surface area contributed by atoms with Gasteiger partial charge in [-0.25, -0.2) is 0 Å². The van der Waals surface area contributed by atoms with Crippen molar-refractivity contribution in [2.75, 3.05) is 6.54 Å². The SMILES string of the molecule is O=Nc1c2c(n(Cc3cccc(Cl)c3)c(=O)c1C(=O)NCC(=O)O)CSC2. The lowest BCUT2D eigenvalue weighted by Crippen LogP contribution is -2.37. The van der Waals surface area contributed by atoms with Crippen LogP contribution in [0.25, 0.3) is 0 Å². The summed E-state index contributed by atoms with van der Waals surface area (Å²) in [6, 6.07) is 6.96. The number of hydrogen-bond acceptors (Lipinski definition) is 6. The number of hydrogen-bond donors (Lipinski definition) is 2. The lowest BCUT2D eigenvalue weighted by Gasteiger charge is -2.16. The van der Waals surface area contributed by atoms with E-state index in [-0.39, 0.29) is 12.2 Å². The number of carboxylic acids is 1. The van der Waals surface area contributed by atoms with Gasteiger partial charge in [0, 0.05) is 27.8 Å². The number of aromatic nitrogens is 1. The molecule has 2 N–H and O–H groups in total. The van der Waals surface area contributed by atoms with Crippen molar-refractivity contribution in [2.45, 2.75) is 18.1 Å². The molecule has 10 heteroatoms. The molecular weight excluding hydrogens is 394 g/mol. The van der Waals surface area contributed by atoms with Crippen LogP contribution in [0.15, 0.2) is 34.2 Å². The van der Waals surface area contributed by atoms with E-state index in [0.717, 1.165) is 5.56 Å². The first-order valence-electron chi connectivity index (χ1n) is 7.86. The number of halogens is 1. The summed E-state index contributed by atoms with van der Waals surface area (Å²) in [6.45, 7) is -0.503. The van der Waals surface area contributed by atoms with Gasteiger partial charge in [0.25, 0.3) is 11.5 Å². The predicted molar refractivity (Wildman–Crippen MR) is 102 cm³/mol. The zero-order valence-corrected chi connectivity index (χ0v) is 15.5. The van der Waals surface area contributed by atoms with Gasteiger partial charge in [-0.3, -0.25) is 14.4 Å². The van der Waals surface area contributed by atoms with Crippen molar-refractivity contribution in [1.82, 2.24) is 9.88 Å². The summed E-state index contributed by atoms with van der Waals surface area (Å²) in [5, 5.41) is 14.3. The molecule has 1 aromatic heterocycles. The highest BCUT2D eigenvalue weighted by Gasteiger charge is 2.29. The zero-order chi connectivity index (χ0) is 19.6. The van der Waals surface area contributed by atoms with Crippen LogP contribution in [0.2, 0.25) is 5.02 Å². The quantitative estimate of drug-likeness (QED) is 0.710. The van der Waals surface area contributed by atoms with Crippen molar-refractivity contribution >= 4 is 40.9 Å². The summed E-state index contributed by atoms with van der Waals surface area (Å²) in [7, 11) is 0. The third-order valence-corrected chi connectivity index (χ3v) is 5.29. The summed E-state index contributed by atoms with van der Waals surface area (Å²) in [5.41, 5.74) is 0.576. The van der Waals surface area contributed by atoms with Gasteiger partial charge in [0.15, 0.2) is 0 Å². The van der Waals surface area contributed by atoms with Gasteiger partial charge in [-0.15, -0.1) is 4.91 Å². The van der Waals surface area contributed by atoms with Crippen molar-refractivity contribution in [2.24, 2.45) is 5.18 Å². The summed E-state index contributed by atoms with van der Waals surface area (Å²) in [5.74, 6) is -1.26. The van der Waals surface area contributed by atoms with E-state index in [2.05, 4.69) is 10.5 Å². The molecule has 0 bridgehead atoms. The molecule has 0 saturated heterocycles. The Labute approximate surface area is 162 Å². The van der Waals surface area contributed by atoms with Crippen molar-refractivity contribution in [3.63, 3.8) is 0 Å². The third-order valence-electron chi connectivity index (χ3n) is 4.09. The van der Waals surface area contributed by atoms with Gasteiger partial charge in [0.05, 0.1) is 6.54 Å². The summed E-state index contributed by atoms with van der Waals surface area (Å²) in [6.07, 6.45) is 0. The monoisotopic (exact) mass is 407 g/mol. The Bertz CT molecular complexity index is 1000. The number of amides is 1. The smallest absolute Gasteiger partial charge is 0.322 e. The number of nitrogens with zero attached hydrogens (tertiary/aromatic N) is 2. The molecule has 1 aliphatic rings. The van der Waals surface area contributed by atoms with E-state index in [1.165, 1.54) is 16.3 Å². The van der Waals surface area contributed by atoms with Crippen molar-refractivity contribution in [3.8, 4) is 0 Å². The lowest BCUT2D eigenvalue weighted by atomic mass is 10.1. The number of aliphatic carboxylic acids is 1. The van der Waals surface area contributed by atoms with Gasteiger partial charge in [0.2, 0.25) is 0 Å². The Balaban J connectivity index is 2.13. The second-order valence-corrected chi connectivity index (χ2v) is 7.25. The van der Waals surface area contributed by atoms with Gasteiger partial charge in [0.1, 0.15) is 17.8 Å². The number of rotatable bonds is 6. The highest BCUT2D eigenvalue weighted by molar-refractivity contribution is 7.98. The molecule has 1 aliphatic heterocycles. The molecule has 1 amide bonds. The van der Waals surface area contributed by atoms with Crippen LogP contribution in [0.1, 0.15) is 27.2 Å². The maximum absolute atomic E-state index is 13.0. The van der Waals surface area contributed by atoms with Crippen molar-refractivity contribution in [3.05, 3.63) is 66.9 Å². The molecule has 0 radical (unpaired) electrons. The van der Waals surface area contributed by atoms with Gasteiger partial charge >= 0.3 is 5.97 Å². The fourth-order valence-electron chi connectivity index (χ4n) is 2.91. The Kier molecular flexibility index (Phi) is 5.62. The molecule has 0 atom stereocenters. The molecule has 8 nitrogen and oxygen atoms in total. The highest BCUT2D eigenvalue weighted by atomic mass is 35.5. The minimum atomic E-state index is -1.26. The van der Waals surface area contributed by atoms with Crippen LogP contribution in [-0.2, 0) is 22.8 Å². The Morgan fingerprint density at radius 2 is 2.11 bits per heavy atom.